The molecule has 0 saturated heterocycles. The second kappa shape index (κ2) is 5.07. The molecule has 0 aliphatic rings. The Balaban J connectivity index is 2.97. The Morgan fingerprint density at radius 3 is 2.69 bits per heavy atom. The van der Waals surface area contributed by atoms with Gasteiger partial charge in [-0.25, -0.2) is 4.57 Å². The van der Waals surface area contributed by atoms with Crippen LogP contribution in [0.5, 0.6) is 5.75 Å². The first-order valence-corrected chi connectivity index (χ1v) is 5.86. The highest BCUT2D eigenvalue weighted by molar-refractivity contribution is 7.47. The Morgan fingerprint density at radius 1 is 1.50 bits per heavy atom. The molecule has 0 aromatic heterocycles. The molecule has 0 amide bonds. The quantitative estimate of drug-likeness (QED) is 0.486. The largest absolute Gasteiger partial charge is 0.527 e. The van der Waals surface area contributed by atoms with Crippen LogP contribution in [0, 0.1) is 10.1 Å². The first-order valence-electron chi connectivity index (χ1n) is 4.36. The highest BCUT2D eigenvalue weighted by Crippen LogP contribution is 2.46. The first-order chi connectivity index (χ1) is 7.46. The lowest BCUT2D eigenvalue weighted by molar-refractivity contribution is -0.385. The fourth-order valence-electron chi connectivity index (χ4n) is 0.999. The molecule has 1 unspecified atom stereocenters. The molecule has 1 rings (SSSR count). The molecule has 1 aromatic carbocycles. The van der Waals surface area contributed by atoms with Crippen molar-refractivity contribution in [1.82, 2.24) is 0 Å². The summed E-state index contributed by atoms with van der Waals surface area (Å²) in [4.78, 5) is 19.0. The highest BCUT2D eigenvalue weighted by Gasteiger charge is 2.26. The molecular formula is C8H10NO6P. The number of rotatable bonds is 5. The van der Waals surface area contributed by atoms with E-state index in [9.17, 15) is 14.7 Å². The van der Waals surface area contributed by atoms with E-state index in [-0.39, 0.29) is 12.4 Å². The average molecular weight is 247 g/mol. The van der Waals surface area contributed by atoms with E-state index < -0.39 is 18.4 Å². The summed E-state index contributed by atoms with van der Waals surface area (Å²) in [6.45, 7) is 1.47. The van der Waals surface area contributed by atoms with Crippen molar-refractivity contribution < 1.29 is 23.4 Å². The van der Waals surface area contributed by atoms with Gasteiger partial charge in [-0.1, -0.05) is 12.1 Å². The zero-order valence-electron chi connectivity index (χ0n) is 8.40. The summed E-state index contributed by atoms with van der Waals surface area (Å²) in [6, 6.07) is 5.27. The van der Waals surface area contributed by atoms with E-state index in [0.717, 1.165) is 0 Å². The smallest absolute Gasteiger partial charge is 0.397 e. The van der Waals surface area contributed by atoms with Crippen LogP contribution in [0.3, 0.4) is 0 Å². The van der Waals surface area contributed by atoms with E-state index in [1.54, 1.807) is 0 Å². The SMILES string of the molecule is CCOP(=O)(O)Oc1ccccc1[N+](=O)[O-]. The predicted molar refractivity (Wildman–Crippen MR) is 55.2 cm³/mol. The van der Waals surface area contributed by atoms with Gasteiger partial charge in [0.15, 0.2) is 0 Å². The van der Waals surface area contributed by atoms with Crippen LogP contribution in [0.4, 0.5) is 5.69 Å². The second-order valence-electron chi connectivity index (χ2n) is 2.70. The van der Waals surface area contributed by atoms with Crippen LogP contribution in [0.1, 0.15) is 6.92 Å². The van der Waals surface area contributed by atoms with Gasteiger partial charge in [-0.3, -0.25) is 19.5 Å². The van der Waals surface area contributed by atoms with Gasteiger partial charge in [-0.15, -0.1) is 0 Å². The first kappa shape index (κ1) is 12.6. The molecular weight excluding hydrogens is 237 g/mol. The van der Waals surface area contributed by atoms with Crippen molar-refractivity contribution in [2.45, 2.75) is 6.92 Å². The van der Waals surface area contributed by atoms with Crippen molar-refractivity contribution in [1.29, 1.82) is 0 Å². The van der Waals surface area contributed by atoms with Gasteiger partial charge in [0.05, 0.1) is 11.5 Å². The van der Waals surface area contributed by atoms with Crippen LogP contribution in [0.2, 0.25) is 0 Å². The average Bonchev–Trinajstić information content (AvgIpc) is 2.17. The van der Waals surface area contributed by atoms with E-state index in [1.807, 2.05) is 0 Å². The van der Waals surface area contributed by atoms with Gasteiger partial charge in [0.1, 0.15) is 0 Å². The fraction of sp³-hybridized carbons (Fsp3) is 0.250. The van der Waals surface area contributed by atoms with E-state index in [0.29, 0.717) is 0 Å². The molecule has 1 atom stereocenters. The molecule has 0 saturated carbocycles. The molecule has 1 aromatic rings. The number of hydrogen-bond acceptors (Lipinski definition) is 5. The Labute approximate surface area is 91.4 Å². The summed E-state index contributed by atoms with van der Waals surface area (Å²) in [5, 5.41) is 10.6. The Bertz CT molecular complexity index is 434. The number of phosphoric acid groups is 1. The topological polar surface area (TPSA) is 98.9 Å². The van der Waals surface area contributed by atoms with Crippen molar-refractivity contribution in [2.75, 3.05) is 6.61 Å². The van der Waals surface area contributed by atoms with Crippen LogP contribution in [0.15, 0.2) is 24.3 Å². The molecule has 88 valence electrons. The lowest BCUT2D eigenvalue weighted by Gasteiger charge is -2.11. The molecule has 0 fully saturated rings. The van der Waals surface area contributed by atoms with Gasteiger partial charge >= 0.3 is 13.5 Å². The number of phosphoric ester groups is 1. The van der Waals surface area contributed by atoms with Crippen LogP contribution in [-0.4, -0.2) is 16.4 Å². The maximum atomic E-state index is 11.2. The van der Waals surface area contributed by atoms with Crippen LogP contribution in [-0.2, 0) is 9.09 Å². The summed E-state index contributed by atoms with van der Waals surface area (Å²) in [7, 11) is -4.29. The number of para-hydroxylation sites is 2. The third kappa shape index (κ3) is 3.30. The lowest BCUT2D eigenvalue weighted by atomic mass is 10.3. The van der Waals surface area contributed by atoms with Crippen molar-refractivity contribution in [3.63, 3.8) is 0 Å². The minimum Gasteiger partial charge on any atom is -0.397 e. The van der Waals surface area contributed by atoms with Gasteiger partial charge in [-0.2, -0.15) is 0 Å². The number of benzene rings is 1. The standard InChI is InChI=1S/C8H10NO6P/c1-2-14-16(12,13)15-8-6-4-3-5-7(8)9(10)11/h3-6H,2H2,1H3,(H,12,13). The Kier molecular flexibility index (Phi) is 4.00. The fourth-order valence-corrected chi connectivity index (χ4v) is 1.78. The maximum Gasteiger partial charge on any atom is 0.527 e. The Hall–Kier alpha value is -1.43. The van der Waals surface area contributed by atoms with Gasteiger partial charge in [0, 0.05) is 6.07 Å². The molecule has 8 heteroatoms. The molecule has 0 aliphatic carbocycles. The van der Waals surface area contributed by atoms with E-state index in [1.165, 1.54) is 31.2 Å². The summed E-state index contributed by atoms with van der Waals surface area (Å²) in [6.07, 6.45) is 0. The zero-order chi connectivity index (χ0) is 12.2. The van der Waals surface area contributed by atoms with E-state index in [2.05, 4.69) is 9.05 Å². The number of nitro groups is 1. The van der Waals surface area contributed by atoms with Crippen molar-refractivity contribution in [2.24, 2.45) is 0 Å². The summed E-state index contributed by atoms with van der Waals surface area (Å²) < 4.78 is 20.3. The van der Waals surface area contributed by atoms with Crippen molar-refractivity contribution in [3.05, 3.63) is 34.4 Å². The van der Waals surface area contributed by atoms with Crippen molar-refractivity contribution >= 4 is 13.5 Å². The maximum absolute atomic E-state index is 11.2. The summed E-state index contributed by atoms with van der Waals surface area (Å²) in [5.74, 6) is -0.299. The summed E-state index contributed by atoms with van der Waals surface area (Å²) in [5.41, 5.74) is -0.392. The van der Waals surface area contributed by atoms with Gasteiger partial charge in [-0.05, 0) is 13.0 Å². The summed E-state index contributed by atoms with van der Waals surface area (Å²) >= 11 is 0. The van der Waals surface area contributed by atoms with Crippen LogP contribution < -0.4 is 4.52 Å². The van der Waals surface area contributed by atoms with Gasteiger partial charge < -0.3 is 4.52 Å². The molecule has 0 heterocycles. The van der Waals surface area contributed by atoms with Crippen LogP contribution >= 0.6 is 7.82 Å². The monoisotopic (exact) mass is 247 g/mol. The molecule has 7 nitrogen and oxygen atoms in total. The highest BCUT2D eigenvalue weighted by atomic mass is 31.2. The molecule has 0 bridgehead atoms. The lowest BCUT2D eigenvalue weighted by Crippen LogP contribution is -1.99. The predicted octanol–water partition coefficient (Wildman–Crippen LogP) is 2.11. The minimum atomic E-state index is -4.29. The van der Waals surface area contributed by atoms with Crippen molar-refractivity contribution in [3.8, 4) is 5.75 Å². The molecule has 1 N–H and O–H groups in total. The molecule has 0 radical (unpaired) electrons. The number of nitrogens with zero attached hydrogens (tertiary/aromatic N) is 1. The number of nitro benzene ring substituents is 1. The zero-order valence-corrected chi connectivity index (χ0v) is 9.29. The second-order valence-corrected chi connectivity index (χ2v) is 4.08. The minimum absolute atomic E-state index is 0.0333. The third-order valence-electron chi connectivity index (χ3n) is 1.57. The third-order valence-corrected chi connectivity index (χ3v) is 2.58. The number of hydrogen-bond donors (Lipinski definition) is 1. The van der Waals surface area contributed by atoms with E-state index >= 15 is 0 Å². The molecule has 0 spiro atoms. The van der Waals surface area contributed by atoms with Gasteiger partial charge in [0.25, 0.3) is 0 Å². The van der Waals surface area contributed by atoms with Crippen LogP contribution in [0.25, 0.3) is 0 Å². The Morgan fingerprint density at radius 2 is 2.12 bits per heavy atom. The molecule has 0 aliphatic heterocycles. The molecule has 16 heavy (non-hydrogen) atoms. The normalized spacial score (nSPS) is 14.1. The van der Waals surface area contributed by atoms with Gasteiger partial charge in [0.2, 0.25) is 5.75 Å². The van der Waals surface area contributed by atoms with E-state index in [4.69, 9.17) is 4.89 Å².